The van der Waals surface area contributed by atoms with Gasteiger partial charge in [-0.3, -0.25) is 4.68 Å². The van der Waals surface area contributed by atoms with E-state index in [1.54, 1.807) is 0 Å². The summed E-state index contributed by atoms with van der Waals surface area (Å²) >= 11 is 0. The normalized spacial score (nSPS) is 12.2. The van der Waals surface area contributed by atoms with E-state index in [2.05, 4.69) is 154 Å². The third-order valence-electron chi connectivity index (χ3n) is 10.8. The molecule has 0 atom stereocenters. The molecule has 0 unspecified atom stereocenters. The van der Waals surface area contributed by atoms with Crippen molar-refractivity contribution in [2.45, 2.75) is 73.1 Å². The molecule has 0 saturated carbocycles. The summed E-state index contributed by atoms with van der Waals surface area (Å²) in [4.78, 5) is 5.14. The van der Waals surface area contributed by atoms with Crippen LogP contribution in [0.5, 0.6) is 11.5 Å². The Bertz CT molecular complexity index is 2900. The summed E-state index contributed by atoms with van der Waals surface area (Å²) in [7, 11) is 0. The first-order valence-corrected chi connectivity index (χ1v) is 19.0. The number of para-hydroxylation sites is 3. The fraction of sp³-hybridized carbons (Fsp3) is 0.224. The van der Waals surface area contributed by atoms with Gasteiger partial charge < -0.3 is 13.9 Å². The zero-order chi connectivity index (χ0) is 38.4. The molecule has 0 saturated heterocycles. The molecular weight excluding hydrogens is 870 g/mol. The Morgan fingerprint density at radius 3 is 1.88 bits per heavy atom. The predicted molar refractivity (Wildman–Crippen MR) is 226 cm³/mol. The van der Waals surface area contributed by atoms with E-state index in [0.29, 0.717) is 11.5 Å². The zero-order valence-electron chi connectivity index (χ0n) is 33.4. The molecule has 0 N–H and O–H groups in total. The van der Waals surface area contributed by atoms with Crippen molar-refractivity contribution in [1.82, 2.24) is 23.9 Å². The minimum absolute atomic E-state index is 0. The van der Waals surface area contributed by atoms with E-state index in [4.69, 9.17) is 9.72 Å². The monoisotopic (exact) mass is 914 g/mol. The molecule has 0 radical (unpaired) electrons. The average Bonchev–Trinajstić information content (AvgIpc) is 3.79. The number of aryl methyl sites for hydroxylation is 2. The van der Waals surface area contributed by atoms with Crippen LogP contribution in [0.4, 0.5) is 0 Å². The van der Waals surface area contributed by atoms with Gasteiger partial charge in [-0.15, -0.1) is 35.7 Å². The van der Waals surface area contributed by atoms with Crippen molar-refractivity contribution < 1.29 is 25.8 Å². The number of hydrogen-bond acceptors (Lipinski definition) is 3. The minimum atomic E-state index is -0.0808. The minimum Gasteiger partial charge on any atom is -0.509 e. The first-order valence-electron chi connectivity index (χ1n) is 19.0. The molecule has 4 heterocycles. The Hall–Kier alpha value is -5.45. The van der Waals surface area contributed by atoms with Gasteiger partial charge in [-0.05, 0) is 72.0 Å². The molecule has 56 heavy (non-hydrogen) atoms. The van der Waals surface area contributed by atoms with Crippen molar-refractivity contribution in [2.75, 3.05) is 0 Å². The fourth-order valence-corrected chi connectivity index (χ4v) is 8.31. The van der Waals surface area contributed by atoms with Crippen LogP contribution in [0.1, 0.15) is 69.6 Å². The molecule has 4 aromatic heterocycles. The molecule has 6 nitrogen and oxygen atoms in total. The number of hydrogen-bond donors (Lipinski definition) is 0. The van der Waals surface area contributed by atoms with Gasteiger partial charge in [-0.1, -0.05) is 102 Å². The average molecular weight is 915 g/mol. The molecular formula is C49H45N5OPt. The second kappa shape index (κ2) is 13.6. The first kappa shape index (κ1) is 37.5. The molecule has 0 aliphatic heterocycles. The van der Waals surface area contributed by atoms with Crippen molar-refractivity contribution >= 4 is 43.6 Å². The van der Waals surface area contributed by atoms with E-state index in [1.807, 2.05) is 49.0 Å². The Labute approximate surface area is 343 Å². The Morgan fingerprint density at radius 2 is 1.23 bits per heavy atom. The van der Waals surface area contributed by atoms with Gasteiger partial charge in [0.05, 0.1) is 22.4 Å². The maximum atomic E-state index is 6.49. The smallest absolute Gasteiger partial charge is 0.509 e. The largest absolute Gasteiger partial charge is 2.00 e. The molecule has 0 aliphatic rings. The number of ether oxygens (including phenoxy) is 1. The molecule has 0 bridgehead atoms. The fourth-order valence-electron chi connectivity index (χ4n) is 8.31. The molecule has 0 amide bonds. The molecule has 9 rings (SSSR count). The van der Waals surface area contributed by atoms with E-state index < -0.39 is 0 Å². The molecule has 0 spiro atoms. The zero-order valence-corrected chi connectivity index (χ0v) is 35.6. The maximum Gasteiger partial charge on any atom is 2.00 e. The Balaban J connectivity index is 0.00000441. The molecule has 0 fully saturated rings. The molecule has 0 aliphatic carbocycles. The van der Waals surface area contributed by atoms with Crippen LogP contribution in [-0.2, 0) is 31.9 Å². The number of pyridine rings is 1. The van der Waals surface area contributed by atoms with E-state index in [1.165, 1.54) is 32.9 Å². The van der Waals surface area contributed by atoms with Gasteiger partial charge in [0.2, 0.25) is 0 Å². The second-order valence-corrected chi connectivity index (χ2v) is 16.8. The van der Waals surface area contributed by atoms with Gasteiger partial charge in [0.1, 0.15) is 5.82 Å². The first-order chi connectivity index (χ1) is 26.3. The Morgan fingerprint density at radius 1 is 0.607 bits per heavy atom. The number of nitrogens with zero attached hydrogens (tertiary/aromatic N) is 5. The van der Waals surface area contributed by atoms with Gasteiger partial charge in [0, 0.05) is 45.2 Å². The van der Waals surface area contributed by atoms with E-state index in [0.717, 1.165) is 55.9 Å². The summed E-state index contributed by atoms with van der Waals surface area (Å²) in [5, 5.41) is 9.38. The van der Waals surface area contributed by atoms with Crippen LogP contribution < -0.4 is 4.74 Å². The standard InChI is InChI=1S/C49H45N5O.Pt/c1-30-27-31(2)54(51-30)33-15-12-16-34(28-33)55-35-23-24-37-36-17-10-11-22-43(36)52(44(37)29-35)47-32(3)42(25-26-50-47)53-45-38(18-13-20-40(45)48(4,5)6)39-19-14-21-41(46(39)53)49(7,8)9;/h10-27H,1-9H3;/q-2;+2. The molecule has 7 heteroatoms. The molecule has 5 aromatic carbocycles. The summed E-state index contributed by atoms with van der Waals surface area (Å²) in [6.45, 7) is 20.1. The van der Waals surface area contributed by atoms with Crippen molar-refractivity contribution in [2.24, 2.45) is 0 Å². The van der Waals surface area contributed by atoms with Crippen molar-refractivity contribution in [3.05, 3.63) is 150 Å². The summed E-state index contributed by atoms with van der Waals surface area (Å²) in [6, 6.07) is 43.4. The van der Waals surface area contributed by atoms with Crippen LogP contribution in [0.15, 0.2) is 109 Å². The number of aromatic nitrogens is 5. The quantitative estimate of drug-likeness (QED) is 0.162. The maximum absolute atomic E-state index is 6.49. The van der Waals surface area contributed by atoms with Crippen LogP contribution in [0, 0.1) is 32.9 Å². The number of benzene rings is 5. The van der Waals surface area contributed by atoms with Crippen molar-refractivity contribution in [1.29, 1.82) is 0 Å². The van der Waals surface area contributed by atoms with E-state index >= 15 is 0 Å². The van der Waals surface area contributed by atoms with Gasteiger partial charge in [0.15, 0.2) is 0 Å². The third-order valence-corrected chi connectivity index (χ3v) is 10.8. The summed E-state index contributed by atoms with van der Waals surface area (Å²) < 4.78 is 13.1. The van der Waals surface area contributed by atoms with Crippen LogP contribution in [0.3, 0.4) is 0 Å². The summed E-state index contributed by atoms with van der Waals surface area (Å²) in [5.74, 6) is 2.04. The summed E-state index contributed by atoms with van der Waals surface area (Å²) in [6.07, 6.45) is 1.95. The van der Waals surface area contributed by atoms with E-state index in [9.17, 15) is 0 Å². The number of fused-ring (bicyclic) bond motifs is 6. The number of rotatable bonds is 5. The van der Waals surface area contributed by atoms with Gasteiger partial charge in [-0.25, -0.2) is 4.98 Å². The topological polar surface area (TPSA) is 49.8 Å². The molecule has 9 aromatic rings. The summed E-state index contributed by atoms with van der Waals surface area (Å²) in [5.41, 5.74) is 11.9. The third kappa shape index (κ3) is 6.06. The van der Waals surface area contributed by atoms with Crippen LogP contribution >= 0.6 is 0 Å². The van der Waals surface area contributed by atoms with Crippen LogP contribution in [-0.4, -0.2) is 23.9 Å². The van der Waals surface area contributed by atoms with Crippen molar-refractivity contribution in [3.63, 3.8) is 0 Å². The van der Waals surface area contributed by atoms with Gasteiger partial charge in [-0.2, -0.15) is 17.2 Å². The predicted octanol–water partition coefficient (Wildman–Crippen LogP) is 12.4. The van der Waals surface area contributed by atoms with Gasteiger partial charge in [0.25, 0.3) is 0 Å². The SMILES string of the molecule is Cc1cc(C)n(-c2[c-]c(Oc3[c-]c4c(cc3)c3ccccc3n4-c3nccc(-n4c5c(C(C)(C)C)cccc5c5cccc(C(C)(C)C)c54)c3C)ccc2)n1.[Pt+2]. The Kier molecular flexibility index (Phi) is 9.12. The van der Waals surface area contributed by atoms with Gasteiger partial charge >= 0.3 is 21.1 Å². The van der Waals surface area contributed by atoms with E-state index in [-0.39, 0.29) is 31.9 Å². The van der Waals surface area contributed by atoms with Crippen molar-refractivity contribution in [3.8, 4) is 28.7 Å². The molecule has 282 valence electrons. The second-order valence-electron chi connectivity index (χ2n) is 16.8. The van der Waals surface area contributed by atoms with Crippen LogP contribution in [0.25, 0.3) is 60.8 Å². The van der Waals surface area contributed by atoms with Crippen LogP contribution in [0.2, 0.25) is 0 Å².